The Hall–Kier alpha value is -1.10. The molecule has 0 atom stereocenters. The average Bonchev–Trinajstić information content (AvgIpc) is 2.49. The number of benzene rings is 1. The van der Waals surface area contributed by atoms with Gasteiger partial charge in [0.1, 0.15) is 5.75 Å². The largest absolute Gasteiger partial charge is 0.497 e. The third-order valence-electron chi connectivity index (χ3n) is 3.56. The molecule has 1 fully saturated rings. The quantitative estimate of drug-likeness (QED) is 0.711. The Labute approximate surface area is 116 Å². The van der Waals surface area contributed by atoms with E-state index in [-0.39, 0.29) is 0 Å². The minimum absolute atomic E-state index is 0.926. The number of nitrogens with zero attached hydrogens (tertiary/aromatic N) is 1. The molecule has 0 spiro atoms. The molecule has 1 aromatic rings. The Balaban J connectivity index is 1.55. The first-order valence-electron chi connectivity index (χ1n) is 7.15. The monoisotopic (exact) mass is 263 g/mol. The highest BCUT2D eigenvalue weighted by atomic mass is 16.5. The Kier molecular flexibility index (Phi) is 6.14. The van der Waals surface area contributed by atoms with Gasteiger partial charge in [0.2, 0.25) is 0 Å². The van der Waals surface area contributed by atoms with Gasteiger partial charge in [0.25, 0.3) is 0 Å². The molecule has 2 N–H and O–H groups in total. The summed E-state index contributed by atoms with van der Waals surface area (Å²) < 4.78 is 5.15. The van der Waals surface area contributed by atoms with Crippen LogP contribution in [-0.4, -0.2) is 57.8 Å². The van der Waals surface area contributed by atoms with Crippen LogP contribution < -0.4 is 15.4 Å². The van der Waals surface area contributed by atoms with Gasteiger partial charge in [-0.1, -0.05) is 12.1 Å². The second-order valence-electron chi connectivity index (χ2n) is 4.94. The minimum atomic E-state index is 0.926. The van der Waals surface area contributed by atoms with E-state index in [1.54, 1.807) is 7.11 Å². The van der Waals surface area contributed by atoms with Crippen LogP contribution in [0, 0.1) is 0 Å². The van der Waals surface area contributed by atoms with Gasteiger partial charge in [-0.05, 0) is 30.7 Å². The van der Waals surface area contributed by atoms with Crippen molar-refractivity contribution in [3.8, 4) is 5.75 Å². The lowest BCUT2D eigenvalue weighted by molar-refractivity contribution is 0.241. The molecule has 19 heavy (non-hydrogen) atoms. The Morgan fingerprint density at radius 3 is 2.58 bits per heavy atom. The zero-order valence-corrected chi connectivity index (χ0v) is 11.8. The van der Waals surface area contributed by atoms with Crippen LogP contribution in [0.1, 0.15) is 5.56 Å². The molecular formula is C15H25N3O. The molecule has 4 heteroatoms. The average molecular weight is 263 g/mol. The van der Waals surface area contributed by atoms with Crippen LogP contribution in [0.2, 0.25) is 0 Å². The fraction of sp³-hybridized carbons (Fsp3) is 0.600. The van der Waals surface area contributed by atoms with E-state index in [2.05, 4.69) is 27.7 Å². The fourth-order valence-corrected chi connectivity index (χ4v) is 2.32. The van der Waals surface area contributed by atoms with Crippen LogP contribution in [0.4, 0.5) is 0 Å². The van der Waals surface area contributed by atoms with Crippen molar-refractivity contribution < 1.29 is 4.74 Å². The maximum absolute atomic E-state index is 5.15. The summed E-state index contributed by atoms with van der Waals surface area (Å²) in [4.78, 5) is 2.51. The topological polar surface area (TPSA) is 36.5 Å². The third kappa shape index (κ3) is 5.19. The van der Waals surface area contributed by atoms with E-state index in [1.165, 1.54) is 18.7 Å². The number of rotatable bonds is 7. The summed E-state index contributed by atoms with van der Waals surface area (Å²) in [6.45, 7) is 7.90. The molecule has 0 aliphatic carbocycles. The maximum atomic E-state index is 5.15. The van der Waals surface area contributed by atoms with E-state index < -0.39 is 0 Å². The highest BCUT2D eigenvalue weighted by Crippen LogP contribution is 2.11. The normalized spacial score (nSPS) is 16.5. The van der Waals surface area contributed by atoms with Crippen LogP contribution in [0.5, 0.6) is 5.75 Å². The SMILES string of the molecule is COc1ccc(CCNCCN2CCNCC2)cc1. The summed E-state index contributed by atoms with van der Waals surface area (Å²) >= 11 is 0. The molecule has 4 nitrogen and oxygen atoms in total. The Morgan fingerprint density at radius 2 is 1.89 bits per heavy atom. The van der Waals surface area contributed by atoms with Crippen LogP contribution in [0.15, 0.2) is 24.3 Å². The summed E-state index contributed by atoms with van der Waals surface area (Å²) in [6, 6.07) is 8.32. The standard InChI is InChI=1S/C15H25N3O/c1-19-15-4-2-14(3-5-15)6-7-16-8-11-18-12-9-17-10-13-18/h2-5,16-17H,6-13H2,1H3. The number of hydrogen-bond donors (Lipinski definition) is 2. The smallest absolute Gasteiger partial charge is 0.118 e. The molecule has 1 aliphatic heterocycles. The van der Waals surface area contributed by atoms with Crippen molar-refractivity contribution in [2.75, 3.05) is 52.9 Å². The van der Waals surface area contributed by atoms with E-state index in [0.29, 0.717) is 0 Å². The highest BCUT2D eigenvalue weighted by Gasteiger charge is 2.07. The van der Waals surface area contributed by atoms with Crippen molar-refractivity contribution in [2.24, 2.45) is 0 Å². The summed E-state index contributed by atoms with van der Waals surface area (Å²) in [5.41, 5.74) is 1.36. The van der Waals surface area contributed by atoms with E-state index in [1.807, 2.05) is 12.1 Å². The fourth-order valence-electron chi connectivity index (χ4n) is 2.32. The van der Waals surface area contributed by atoms with Crippen LogP contribution in [0.3, 0.4) is 0 Å². The summed E-state index contributed by atoms with van der Waals surface area (Å²) in [5, 5.41) is 6.89. The molecular weight excluding hydrogens is 238 g/mol. The summed E-state index contributed by atoms with van der Waals surface area (Å²) in [7, 11) is 1.70. The first-order valence-corrected chi connectivity index (χ1v) is 7.15. The van der Waals surface area contributed by atoms with Gasteiger partial charge in [-0.2, -0.15) is 0 Å². The highest BCUT2D eigenvalue weighted by molar-refractivity contribution is 5.27. The van der Waals surface area contributed by atoms with Crippen molar-refractivity contribution in [2.45, 2.75) is 6.42 Å². The molecule has 0 unspecified atom stereocenters. The Bertz CT molecular complexity index is 347. The van der Waals surface area contributed by atoms with Crippen molar-refractivity contribution in [3.05, 3.63) is 29.8 Å². The molecule has 0 aromatic heterocycles. The molecule has 1 saturated heterocycles. The van der Waals surface area contributed by atoms with Crippen molar-refractivity contribution >= 4 is 0 Å². The van der Waals surface area contributed by atoms with Crippen molar-refractivity contribution in [1.82, 2.24) is 15.5 Å². The van der Waals surface area contributed by atoms with Gasteiger partial charge in [-0.25, -0.2) is 0 Å². The lowest BCUT2D eigenvalue weighted by atomic mass is 10.1. The number of hydrogen-bond acceptors (Lipinski definition) is 4. The Morgan fingerprint density at radius 1 is 1.16 bits per heavy atom. The van der Waals surface area contributed by atoms with E-state index >= 15 is 0 Å². The van der Waals surface area contributed by atoms with Crippen molar-refractivity contribution in [3.63, 3.8) is 0 Å². The van der Waals surface area contributed by atoms with E-state index in [0.717, 1.165) is 44.9 Å². The third-order valence-corrected chi connectivity index (χ3v) is 3.56. The first-order chi connectivity index (χ1) is 9.38. The molecule has 106 valence electrons. The zero-order valence-electron chi connectivity index (χ0n) is 11.8. The van der Waals surface area contributed by atoms with Gasteiger partial charge >= 0.3 is 0 Å². The lowest BCUT2D eigenvalue weighted by Crippen LogP contribution is -2.45. The van der Waals surface area contributed by atoms with Gasteiger partial charge in [-0.15, -0.1) is 0 Å². The van der Waals surface area contributed by atoms with Gasteiger partial charge in [-0.3, -0.25) is 4.90 Å². The predicted octanol–water partition coefficient (Wildman–Crippen LogP) is 0.733. The summed E-state index contributed by atoms with van der Waals surface area (Å²) in [6.07, 6.45) is 1.07. The molecule has 1 heterocycles. The summed E-state index contributed by atoms with van der Waals surface area (Å²) in [5.74, 6) is 0.926. The second-order valence-corrected chi connectivity index (χ2v) is 4.94. The number of ether oxygens (including phenoxy) is 1. The number of methoxy groups -OCH3 is 1. The molecule has 1 aromatic carbocycles. The molecule has 1 aliphatic rings. The van der Waals surface area contributed by atoms with Gasteiger partial charge in [0.15, 0.2) is 0 Å². The molecule has 0 bridgehead atoms. The molecule has 0 radical (unpaired) electrons. The van der Waals surface area contributed by atoms with Crippen molar-refractivity contribution in [1.29, 1.82) is 0 Å². The number of piperazine rings is 1. The molecule has 0 saturated carbocycles. The lowest BCUT2D eigenvalue weighted by Gasteiger charge is -2.27. The van der Waals surface area contributed by atoms with Gasteiger partial charge < -0.3 is 15.4 Å². The molecule has 0 amide bonds. The minimum Gasteiger partial charge on any atom is -0.497 e. The first kappa shape index (κ1) is 14.3. The van der Waals surface area contributed by atoms with Gasteiger partial charge in [0.05, 0.1) is 7.11 Å². The second kappa shape index (κ2) is 8.15. The van der Waals surface area contributed by atoms with Crippen LogP contribution in [0.25, 0.3) is 0 Å². The molecule has 2 rings (SSSR count). The number of nitrogens with one attached hydrogen (secondary N) is 2. The van der Waals surface area contributed by atoms with Crippen LogP contribution >= 0.6 is 0 Å². The maximum Gasteiger partial charge on any atom is 0.118 e. The predicted molar refractivity (Wildman–Crippen MR) is 78.9 cm³/mol. The van der Waals surface area contributed by atoms with E-state index in [4.69, 9.17) is 4.74 Å². The van der Waals surface area contributed by atoms with E-state index in [9.17, 15) is 0 Å². The zero-order chi connectivity index (χ0) is 13.3. The van der Waals surface area contributed by atoms with Gasteiger partial charge in [0, 0.05) is 39.3 Å². The van der Waals surface area contributed by atoms with Crippen LogP contribution in [-0.2, 0) is 6.42 Å².